The van der Waals surface area contributed by atoms with Gasteiger partial charge in [-0.1, -0.05) is 36.9 Å². The molecule has 0 bridgehead atoms. The molecule has 0 saturated carbocycles. The summed E-state index contributed by atoms with van der Waals surface area (Å²) in [6, 6.07) is 4.45. The molecule has 0 radical (unpaired) electrons. The Morgan fingerprint density at radius 2 is 1.41 bits per heavy atom. The number of hydrogen-bond donors (Lipinski definition) is 0. The summed E-state index contributed by atoms with van der Waals surface area (Å²) in [5.41, 5.74) is -1.00. The molecule has 0 nitrogen and oxygen atoms in total. The molecule has 0 saturated heterocycles. The number of benzene rings is 1. The van der Waals surface area contributed by atoms with Crippen LogP contribution in [0.25, 0.3) is 6.08 Å². The third kappa shape index (κ3) is 3.01. The van der Waals surface area contributed by atoms with Gasteiger partial charge in [-0.15, -0.1) is 0 Å². The Bertz CT molecular complexity index is 387. The average Bonchev–Trinajstić information content (AvgIpc) is 2.14. The number of rotatable bonds is 2. The van der Waals surface area contributed by atoms with Crippen molar-refractivity contribution in [3.05, 3.63) is 42.0 Å². The zero-order valence-electron chi connectivity index (χ0n) is 8.44. The Labute approximate surface area is 93.6 Å². The molecule has 94 valence electrons. The van der Waals surface area contributed by atoms with Crippen LogP contribution in [0.15, 0.2) is 30.8 Å². The molecule has 6 heteroatoms. The van der Waals surface area contributed by atoms with E-state index in [0.717, 1.165) is 24.3 Å². The Balaban J connectivity index is 3.38. The fraction of sp³-hybridized carbons (Fsp3) is 0.273. The SMILES string of the molecule is C=Cc1ccccc1C(C(F)(F)F)C(F)(F)F. The zero-order chi connectivity index (χ0) is 13.3. The Hall–Kier alpha value is -1.46. The van der Waals surface area contributed by atoms with Crippen LogP contribution < -0.4 is 0 Å². The highest BCUT2D eigenvalue weighted by atomic mass is 19.4. The molecule has 17 heavy (non-hydrogen) atoms. The Morgan fingerprint density at radius 1 is 0.941 bits per heavy atom. The van der Waals surface area contributed by atoms with Crippen LogP contribution in [-0.4, -0.2) is 12.4 Å². The first-order valence-electron chi connectivity index (χ1n) is 4.52. The first-order valence-corrected chi connectivity index (χ1v) is 4.52. The van der Waals surface area contributed by atoms with Crippen LogP contribution in [0.2, 0.25) is 0 Å². The van der Waals surface area contributed by atoms with Gasteiger partial charge in [-0.25, -0.2) is 0 Å². The maximum absolute atomic E-state index is 12.5. The topological polar surface area (TPSA) is 0 Å². The summed E-state index contributed by atoms with van der Waals surface area (Å²) in [5.74, 6) is -3.48. The molecular weight excluding hydrogens is 246 g/mol. The molecule has 1 rings (SSSR count). The van der Waals surface area contributed by atoms with Crippen molar-refractivity contribution >= 4 is 6.08 Å². The van der Waals surface area contributed by atoms with Gasteiger partial charge in [0, 0.05) is 0 Å². The van der Waals surface area contributed by atoms with Gasteiger partial charge in [-0.05, 0) is 11.1 Å². The fourth-order valence-electron chi connectivity index (χ4n) is 1.50. The summed E-state index contributed by atoms with van der Waals surface area (Å²) in [4.78, 5) is 0. The molecule has 0 unspecified atom stereocenters. The van der Waals surface area contributed by atoms with Gasteiger partial charge >= 0.3 is 12.4 Å². The molecule has 0 aliphatic rings. The summed E-state index contributed by atoms with van der Waals surface area (Å²) in [7, 11) is 0. The quantitative estimate of drug-likeness (QED) is 0.680. The second-order valence-electron chi connectivity index (χ2n) is 3.35. The van der Waals surface area contributed by atoms with Crippen LogP contribution in [0.5, 0.6) is 0 Å². The minimum absolute atomic E-state index is 0.174. The summed E-state index contributed by atoms with van der Waals surface area (Å²) < 4.78 is 74.8. The third-order valence-electron chi connectivity index (χ3n) is 2.18. The van der Waals surface area contributed by atoms with Gasteiger partial charge in [0.2, 0.25) is 0 Å². The summed E-state index contributed by atoms with van der Waals surface area (Å²) in [6.07, 6.45) is -9.78. The minimum Gasteiger partial charge on any atom is -0.170 e. The van der Waals surface area contributed by atoms with Crippen LogP contribution in [-0.2, 0) is 0 Å². The second kappa shape index (κ2) is 4.43. The lowest BCUT2D eigenvalue weighted by molar-refractivity contribution is -0.253. The predicted octanol–water partition coefficient (Wildman–Crippen LogP) is 4.54. The smallest absolute Gasteiger partial charge is 0.170 e. The standard InChI is InChI=1S/C11H8F6/c1-2-7-5-3-4-6-8(7)9(10(12,13)14)11(15,16)17/h2-6,9H,1H2. The Morgan fingerprint density at radius 3 is 1.82 bits per heavy atom. The van der Waals surface area contributed by atoms with Gasteiger partial charge in [0.15, 0.2) is 5.92 Å². The molecule has 0 aliphatic heterocycles. The van der Waals surface area contributed by atoms with E-state index >= 15 is 0 Å². The van der Waals surface area contributed by atoms with Crippen LogP contribution in [0, 0.1) is 0 Å². The maximum Gasteiger partial charge on any atom is 0.404 e. The van der Waals surface area contributed by atoms with Crippen molar-refractivity contribution in [1.82, 2.24) is 0 Å². The van der Waals surface area contributed by atoms with E-state index in [1.165, 1.54) is 6.07 Å². The van der Waals surface area contributed by atoms with Crippen molar-refractivity contribution in [2.24, 2.45) is 0 Å². The highest BCUT2D eigenvalue weighted by molar-refractivity contribution is 5.53. The predicted molar refractivity (Wildman–Crippen MR) is 51.4 cm³/mol. The van der Waals surface area contributed by atoms with Crippen molar-refractivity contribution in [3.8, 4) is 0 Å². The summed E-state index contributed by atoms with van der Waals surface area (Å²) in [6.45, 7) is 3.20. The van der Waals surface area contributed by atoms with E-state index in [4.69, 9.17) is 0 Å². The fourth-order valence-corrected chi connectivity index (χ4v) is 1.50. The van der Waals surface area contributed by atoms with E-state index in [2.05, 4.69) is 6.58 Å². The second-order valence-corrected chi connectivity index (χ2v) is 3.35. The van der Waals surface area contributed by atoms with E-state index in [1.807, 2.05) is 0 Å². The van der Waals surface area contributed by atoms with Gasteiger partial charge < -0.3 is 0 Å². The lowest BCUT2D eigenvalue weighted by Gasteiger charge is -2.24. The molecule has 0 spiro atoms. The maximum atomic E-state index is 12.5. The molecule has 0 aliphatic carbocycles. The number of hydrogen-bond acceptors (Lipinski definition) is 0. The van der Waals surface area contributed by atoms with E-state index < -0.39 is 23.8 Å². The van der Waals surface area contributed by atoms with E-state index in [0.29, 0.717) is 0 Å². The minimum atomic E-state index is -5.38. The summed E-state index contributed by atoms with van der Waals surface area (Å²) in [5, 5.41) is 0. The van der Waals surface area contributed by atoms with Crippen molar-refractivity contribution in [2.45, 2.75) is 18.3 Å². The van der Waals surface area contributed by atoms with Crippen LogP contribution in [0.3, 0.4) is 0 Å². The average molecular weight is 254 g/mol. The van der Waals surface area contributed by atoms with Gasteiger partial charge in [0.05, 0.1) is 0 Å². The van der Waals surface area contributed by atoms with Crippen molar-refractivity contribution < 1.29 is 26.3 Å². The largest absolute Gasteiger partial charge is 0.404 e. The molecular formula is C11H8F6. The first-order chi connectivity index (χ1) is 7.68. The van der Waals surface area contributed by atoms with Crippen molar-refractivity contribution in [1.29, 1.82) is 0 Å². The van der Waals surface area contributed by atoms with E-state index in [9.17, 15) is 26.3 Å². The Kier molecular flexibility index (Phi) is 3.54. The lowest BCUT2D eigenvalue weighted by atomic mass is 9.93. The third-order valence-corrected chi connectivity index (χ3v) is 2.18. The van der Waals surface area contributed by atoms with Gasteiger partial charge in [0.25, 0.3) is 0 Å². The number of alkyl halides is 6. The molecule has 0 N–H and O–H groups in total. The first kappa shape index (κ1) is 13.6. The molecule has 0 amide bonds. The summed E-state index contributed by atoms with van der Waals surface area (Å²) >= 11 is 0. The van der Waals surface area contributed by atoms with Crippen LogP contribution in [0.1, 0.15) is 17.0 Å². The van der Waals surface area contributed by atoms with Crippen molar-refractivity contribution in [3.63, 3.8) is 0 Å². The zero-order valence-corrected chi connectivity index (χ0v) is 8.44. The lowest BCUT2D eigenvalue weighted by Crippen LogP contribution is -2.34. The van der Waals surface area contributed by atoms with E-state index in [1.54, 1.807) is 0 Å². The highest BCUT2D eigenvalue weighted by Crippen LogP contribution is 2.47. The molecule has 0 aromatic heterocycles. The monoisotopic (exact) mass is 254 g/mol. The van der Waals surface area contributed by atoms with Crippen molar-refractivity contribution in [2.75, 3.05) is 0 Å². The normalized spacial score (nSPS) is 12.9. The molecule has 0 fully saturated rings. The molecule has 0 atom stereocenters. The molecule has 1 aromatic rings. The highest BCUT2D eigenvalue weighted by Gasteiger charge is 2.57. The van der Waals surface area contributed by atoms with Gasteiger partial charge in [-0.2, -0.15) is 26.3 Å². The van der Waals surface area contributed by atoms with Gasteiger partial charge in [-0.3, -0.25) is 0 Å². The van der Waals surface area contributed by atoms with E-state index in [-0.39, 0.29) is 5.56 Å². The number of halogens is 6. The molecule has 0 heterocycles. The molecule has 1 aromatic carbocycles. The van der Waals surface area contributed by atoms with Crippen LogP contribution >= 0.6 is 0 Å². The van der Waals surface area contributed by atoms with Crippen LogP contribution in [0.4, 0.5) is 26.3 Å². The van der Waals surface area contributed by atoms with Gasteiger partial charge in [0.1, 0.15) is 0 Å².